The molecule has 152 valence electrons. The van der Waals surface area contributed by atoms with Gasteiger partial charge in [-0.1, -0.05) is 0 Å². The first-order valence-electron chi connectivity index (χ1n) is 8.44. The van der Waals surface area contributed by atoms with Crippen LogP contribution in [0.1, 0.15) is 21.9 Å². The number of hydrazone groups is 1. The van der Waals surface area contributed by atoms with E-state index in [9.17, 15) is 4.79 Å². The molecule has 0 aliphatic rings. The average Bonchev–Trinajstić information content (AvgIpc) is 3.36. The van der Waals surface area contributed by atoms with E-state index in [1.54, 1.807) is 35.1 Å². The van der Waals surface area contributed by atoms with Crippen molar-refractivity contribution >= 4 is 28.1 Å². The van der Waals surface area contributed by atoms with E-state index in [1.807, 2.05) is 6.20 Å². The zero-order chi connectivity index (χ0) is 20.8. The average molecular weight is 463 g/mol. The van der Waals surface area contributed by atoms with Crippen molar-refractivity contribution in [2.24, 2.45) is 5.10 Å². The van der Waals surface area contributed by atoms with Gasteiger partial charge >= 0.3 is 5.91 Å². The molecule has 0 bridgehead atoms. The van der Waals surface area contributed by atoms with E-state index in [0.717, 1.165) is 4.47 Å². The van der Waals surface area contributed by atoms with Crippen molar-refractivity contribution in [3.63, 3.8) is 0 Å². The number of methoxy groups -OCH3 is 3. The minimum absolute atomic E-state index is 0.147. The van der Waals surface area contributed by atoms with Gasteiger partial charge in [-0.15, -0.1) is 0 Å². The minimum atomic E-state index is -0.471. The molecular formula is C19H19BrN4O5. The van der Waals surface area contributed by atoms with Crippen LogP contribution in [0.3, 0.4) is 0 Å². The lowest BCUT2D eigenvalue weighted by Gasteiger charge is -2.12. The van der Waals surface area contributed by atoms with E-state index in [1.165, 1.54) is 27.5 Å². The first-order chi connectivity index (χ1) is 14.0. The minimum Gasteiger partial charge on any atom is -0.493 e. The van der Waals surface area contributed by atoms with Gasteiger partial charge < -0.3 is 18.6 Å². The number of hydrogen-bond acceptors (Lipinski definition) is 7. The van der Waals surface area contributed by atoms with Crippen molar-refractivity contribution in [1.29, 1.82) is 0 Å². The monoisotopic (exact) mass is 462 g/mol. The van der Waals surface area contributed by atoms with Crippen LogP contribution in [0.2, 0.25) is 0 Å². The van der Waals surface area contributed by atoms with Gasteiger partial charge in [-0.05, 0) is 40.2 Å². The summed E-state index contributed by atoms with van der Waals surface area (Å²) in [5.41, 5.74) is 3.08. The summed E-state index contributed by atoms with van der Waals surface area (Å²) in [6.45, 7) is 0.410. The number of hydrogen-bond donors (Lipinski definition) is 1. The summed E-state index contributed by atoms with van der Waals surface area (Å²) in [6, 6.07) is 6.72. The molecule has 0 atom stereocenters. The molecule has 2 aromatic heterocycles. The zero-order valence-corrected chi connectivity index (χ0v) is 17.6. The highest BCUT2D eigenvalue weighted by atomic mass is 79.9. The Hall–Kier alpha value is -3.27. The van der Waals surface area contributed by atoms with Crippen LogP contribution >= 0.6 is 15.9 Å². The maximum Gasteiger partial charge on any atom is 0.307 e. The molecule has 9 nitrogen and oxygen atoms in total. The third-order valence-corrected chi connectivity index (χ3v) is 4.28. The molecule has 1 amide bonds. The van der Waals surface area contributed by atoms with E-state index >= 15 is 0 Å². The normalized spacial score (nSPS) is 10.9. The molecule has 2 heterocycles. The number of carbonyl (C=O) groups excluding carboxylic acids is 1. The van der Waals surface area contributed by atoms with Crippen molar-refractivity contribution in [2.75, 3.05) is 21.3 Å². The van der Waals surface area contributed by atoms with E-state index < -0.39 is 5.91 Å². The topological polar surface area (TPSA) is 100 Å². The Bertz CT molecular complexity index is 1000. The number of furan rings is 1. The smallest absolute Gasteiger partial charge is 0.307 e. The fourth-order valence-electron chi connectivity index (χ4n) is 2.57. The fraction of sp³-hybridized carbons (Fsp3) is 0.211. The maximum absolute atomic E-state index is 12.2. The largest absolute Gasteiger partial charge is 0.493 e. The lowest BCUT2D eigenvalue weighted by molar-refractivity contribution is 0.0925. The summed E-state index contributed by atoms with van der Waals surface area (Å²) in [7, 11) is 4.57. The molecule has 0 fully saturated rings. The van der Waals surface area contributed by atoms with Gasteiger partial charge in [0.05, 0.1) is 44.8 Å². The van der Waals surface area contributed by atoms with Crippen LogP contribution in [-0.2, 0) is 6.54 Å². The number of carbonyl (C=O) groups is 1. The number of nitrogens with zero attached hydrogens (tertiary/aromatic N) is 3. The number of aromatic nitrogens is 2. The second kappa shape index (κ2) is 9.28. The lowest BCUT2D eigenvalue weighted by Crippen LogP contribution is -2.16. The predicted octanol–water partition coefficient (Wildman–Crippen LogP) is 3.08. The van der Waals surface area contributed by atoms with Crippen LogP contribution in [0.15, 0.2) is 50.7 Å². The molecule has 0 aliphatic carbocycles. The number of halogens is 1. The van der Waals surface area contributed by atoms with E-state index in [-0.39, 0.29) is 5.76 Å². The van der Waals surface area contributed by atoms with E-state index in [0.29, 0.717) is 35.1 Å². The fourth-order valence-corrected chi connectivity index (χ4v) is 2.89. The Kier molecular flexibility index (Phi) is 6.55. The number of ether oxygens (including phenoxy) is 3. The van der Waals surface area contributed by atoms with Gasteiger partial charge in [-0.3, -0.25) is 9.48 Å². The number of benzene rings is 1. The van der Waals surface area contributed by atoms with E-state index in [4.69, 9.17) is 18.6 Å². The third-order valence-electron chi connectivity index (χ3n) is 3.87. The molecule has 10 heteroatoms. The highest BCUT2D eigenvalue weighted by Crippen LogP contribution is 2.37. The molecule has 0 aliphatic heterocycles. The van der Waals surface area contributed by atoms with Gasteiger partial charge in [-0.25, -0.2) is 5.43 Å². The molecule has 1 aromatic carbocycles. The summed E-state index contributed by atoms with van der Waals surface area (Å²) < 4.78 is 24.0. The highest BCUT2D eigenvalue weighted by molar-refractivity contribution is 9.10. The Balaban J connectivity index is 1.65. The van der Waals surface area contributed by atoms with Crippen LogP contribution in [0.5, 0.6) is 17.2 Å². The molecule has 0 saturated carbocycles. The SMILES string of the molecule is COc1cc(C=NNC(=O)c2ccc(Cn3cc(Br)cn3)o2)cc(OC)c1OC. The van der Waals surface area contributed by atoms with Gasteiger partial charge in [0.1, 0.15) is 5.76 Å². The molecule has 0 spiro atoms. The van der Waals surface area contributed by atoms with Crippen molar-refractivity contribution in [3.05, 3.63) is 58.2 Å². The summed E-state index contributed by atoms with van der Waals surface area (Å²) in [6.07, 6.45) is 4.95. The Morgan fingerprint density at radius 1 is 1.24 bits per heavy atom. The molecule has 0 radical (unpaired) electrons. The number of nitrogens with one attached hydrogen (secondary N) is 1. The van der Waals surface area contributed by atoms with Gasteiger partial charge in [0.25, 0.3) is 0 Å². The maximum atomic E-state index is 12.2. The second-order valence-corrected chi connectivity index (χ2v) is 6.70. The number of rotatable bonds is 8. The van der Waals surface area contributed by atoms with E-state index in [2.05, 4.69) is 31.6 Å². The Labute approximate surface area is 175 Å². The standard InChI is InChI=1S/C19H19BrN4O5/c1-26-16-6-12(7-17(27-2)18(16)28-3)8-21-23-19(25)15-5-4-14(29-15)11-24-10-13(20)9-22-24/h4-10H,11H2,1-3H3,(H,23,25). The molecule has 3 aromatic rings. The second-order valence-electron chi connectivity index (χ2n) is 5.78. The summed E-state index contributed by atoms with van der Waals surface area (Å²) in [4.78, 5) is 12.2. The highest BCUT2D eigenvalue weighted by Gasteiger charge is 2.13. The van der Waals surface area contributed by atoms with Crippen molar-refractivity contribution in [2.45, 2.75) is 6.54 Å². The van der Waals surface area contributed by atoms with Gasteiger partial charge in [0.2, 0.25) is 5.75 Å². The van der Waals surface area contributed by atoms with Crippen LogP contribution < -0.4 is 19.6 Å². The van der Waals surface area contributed by atoms with Crippen molar-refractivity contribution < 1.29 is 23.4 Å². The first-order valence-corrected chi connectivity index (χ1v) is 9.23. The predicted molar refractivity (Wildman–Crippen MR) is 109 cm³/mol. The van der Waals surface area contributed by atoms with Gasteiger partial charge in [0, 0.05) is 11.8 Å². The van der Waals surface area contributed by atoms with Crippen LogP contribution in [0.25, 0.3) is 0 Å². The van der Waals surface area contributed by atoms with Crippen molar-refractivity contribution in [1.82, 2.24) is 15.2 Å². The Morgan fingerprint density at radius 2 is 1.97 bits per heavy atom. The molecular weight excluding hydrogens is 444 g/mol. The molecule has 29 heavy (non-hydrogen) atoms. The van der Waals surface area contributed by atoms with Gasteiger partial charge in [0.15, 0.2) is 17.3 Å². The van der Waals surface area contributed by atoms with Crippen LogP contribution in [0.4, 0.5) is 0 Å². The zero-order valence-electron chi connectivity index (χ0n) is 16.0. The molecule has 0 unspecified atom stereocenters. The quantitative estimate of drug-likeness (QED) is 0.407. The molecule has 3 rings (SSSR count). The molecule has 0 saturated heterocycles. The first kappa shape index (κ1) is 20.5. The summed E-state index contributed by atoms with van der Waals surface area (Å²) >= 11 is 3.33. The lowest BCUT2D eigenvalue weighted by atomic mass is 10.2. The molecule has 1 N–H and O–H groups in total. The number of amides is 1. The van der Waals surface area contributed by atoms with Crippen LogP contribution in [0, 0.1) is 0 Å². The summed E-state index contributed by atoms with van der Waals surface area (Å²) in [5, 5.41) is 8.11. The summed E-state index contributed by atoms with van der Waals surface area (Å²) in [5.74, 6) is 1.72. The van der Waals surface area contributed by atoms with Gasteiger partial charge in [-0.2, -0.15) is 10.2 Å². The third kappa shape index (κ3) is 4.96. The van der Waals surface area contributed by atoms with Crippen LogP contribution in [-0.4, -0.2) is 43.2 Å². The van der Waals surface area contributed by atoms with Crippen molar-refractivity contribution in [3.8, 4) is 17.2 Å². The Morgan fingerprint density at radius 3 is 2.55 bits per heavy atom.